The molecule has 0 bridgehead atoms. The Hall–Kier alpha value is -1.45. The lowest BCUT2D eigenvalue weighted by Gasteiger charge is -1.90. The minimum absolute atomic E-state index is 0.273. The molecule has 0 atom stereocenters. The van der Waals surface area contributed by atoms with Gasteiger partial charge < -0.3 is 4.74 Å². The van der Waals surface area contributed by atoms with Crippen molar-refractivity contribution in [3.8, 4) is 0 Å². The molecule has 0 rings (SSSR count). The molecule has 0 fully saturated rings. The second-order valence-corrected chi connectivity index (χ2v) is 1.86. The maximum absolute atomic E-state index is 10.5. The third-order valence-corrected chi connectivity index (χ3v) is 0.698. The van der Waals surface area contributed by atoms with Crippen molar-refractivity contribution in [1.29, 1.82) is 0 Å². The van der Waals surface area contributed by atoms with Gasteiger partial charge in [-0.05, 0) is 13.0 Å². The first-order valence-corrected chi connectivity index (χ1v) is 2.93. The molecular formula is C7H8O4. The molecule has 4 nitrogen and oxygen atoms in total. The van der Waals surface area contributed by atoms with Gasteiger partial charge in [0.25, 0.3) is 0 Å². The minimum atomic E-state index is -0.826. The largest absolute Gasteiger partial charge is 0.390 e. The van der Waals surface area contributed by atoms with Crippen molar-refractivity contribution in [2.24, 2.45) is 0 Å². The van der Waals surface area contributed by atoms with Gasteiger partial charge >= 0.3 is 11.9 Å². The van der Waals surface area contributed by atoms with Gasteiger partial charge in [0.05, 0.1) is 0 Å². The van der Waals surface area contributed by atoms with Crippen LogP contribution in [0.4, 0.5) is 0 Å². The van der Waals surface area contributed by atoms with E-state index in [9.17, 15) is 14.4 Å². The van der Waals surface area contributed by atoms with Crippen molar-refractivity contribution in [3.05, 3.63) is 12.2 Å². The summed E-state index contributed by atoms with van der Waals surface area (Å²) >= 11 is 0. The fourth-order valence-electron chi connectivity index (χ4n) is 0.361. The second-order valence-electron chi connectivity index (χ2n) is 1.86. The topological polar surface area (TPSA) is 60.4 Å². The number of hydrogen-bond donors (Lipinski definition) is 0. The van der Waals surface area contributed by atoms with Crippen LogP contribution in [0.15, 0.2) is 12.2 Å². The van der Waals surface area contributed by atoms with E-state index in [1.165, 1.54) is 6.92 Å². The van der Waals surface area contributed by atoms with Gasteiger partial charge in [-0.1, -0.05) is 0 Å². The number of ketones is 1. The van der Waals surface area contributed by atoms with E-state index in [1.807, 2.05) is 0 Å². The van der Waals surface area contributed by atoms with Gasteiger partial charge in [-0.25, -0.2) is 4.79 Å². The summed E-state index contributed by atoms with van der Waals surface area (Å²) in [7, 11) is 0. The zero-order valence-corrected chi connectivity index (χ0v) is 6.29. The fourth-order valence-corrected chi connectivity index (χ4v) is 0.361. The van der Waals surface area contributed by atoms with E-state index in [0.717, 1.165) is 19.1 Å². The van der Waals surface area contributed by atoms with E-state index in [0.29, 0.717) is 0 Å². The molecule has 0 aromatic rings. The SMILES string of the molecule is CC(=O)/C=C/C(=O)OC(C)=O. The molecule has 0 aromatic heterocycles. The average Bonchev–Trinajstić information content (AvgIpc) is 1.82. The van der Waals surface area contributed by atoms with E-state index in [4.69, 9.17) is 0 Å². The number of hydrogen-bond acceptors (Lipinski definition) is 4. The van der Waals surface area contributed by atoms with Crippen molar-refractivity contribution in [1.82, 2.24) is 0 Å². The number of rotatable bonds is 2. The first-order valence-electron chi connectivity index (χ1n) is 2.93. The number of esters is 2. The Labute approximate surface area is 63.8 Å². The Morgan fingerprint density at radius 2 is 1.64 bits per heavy atom. The molecular weight excluding hydrogens is 148 g/mol. The molecule has 11 heavy (non-hydrogen) atoms. The summed E-state index contributed by atoms with van der Waals surface area (Å²) in [5.74, 6) is -1.79. The van der Waals surface area contributed by atoms with Crippen molar-refractivity contribution in [2.75, 3.05) is 0 Å². The molecule has 0 heterocycles. The van der Waals surface area contributed by atoms with Crippen molar-refractivity contribution in [3.63, 3.8) is 0 Å². The number of ether oxygens (including phenoxy) is 1. The van der Waals surface area contributed by atoms with Crippen molar-refractivity contribution in [2.45, 2.75) is 13.8 Å². The van der Waals surface area contributed by atoms with Crippen LogP contribution in [0.1, 0.15) is 13.8 Å². The Kier molecular flexibility index (Phi) is 3.80. The monoisotopic (exact) mass is 156 g/mol. The predicted octanol–water partition coefficient (Wildman–Crippen LogP) is 0.221. The predicted molar refractivity (Wildman–Crippen MR) is 36.6 cm³/mol. The molecule has 0 aliphatic heterocycles. The highest BCUT2D eigenvalue weighted by molar-refractivity contribution is 5.97. The van der Waals surface area contributed by atoms with Crippen LogP contribution in [0.5, 0.6) is 0 Å². The van der Waals surface area contributed by atoms with Gasteiger partial charge in [-0.3, -0.25) is 9.59 Å². The Morgan fingerprint density at radius 3 is 2.00 bits per heavy atom. The van der Waals surface area contributed by atoms with Gasteiger partial charge in [0, 0.05) is 13.0 Å². The Morgan fingerprint density at radius 1 is 1.09 bits per heavy atom. The van der Waals surface area contributed by atoms with Crippen LogP contribution in [0.2, 0.25) is 0 Å². The molecule has 0 aromatic carbocycles. The average molecular weight is 156 g/mol. The molecule has 0 amide bonds. The highest BCUT2D eigenvalue weighted by Gasteiger charge is 1.99. The van der Waals surface area contributed by atoms with Crippen LogP contribution in [-0.4, -0.2) is 17.7 Å². The van der Waals surface area contributed by atoms with E-state index in [1.54, 1.807) is 0 Å². The molecule has 0 spiro atoms. The molecule has 0 N–H and O–H groups in total. The second kappa shape index (κ2) is 4.38. The maximum Gasteiger partial charge on any atom is 0.338 e. The summed E-state index contributed by atoms with van der Waals surface area (Å²) in [6.45, 7) is 2.40. The van der Waals surface area contributed by atoms with Crippen molar-refractivity contribution < 1.29 is 19.1 Å². The van der Waals surface area contributed by atoms with Gasteiger partial charge in [0.15, 0.2) is 5.78 Å². The molecule has 0 unspecified atom stereocenters. The van der Waals surface area contributed by atoms with E-state index in [-0.39, 0.29) is 5.78 Å². The van der Waals surface area contributed by atoms with Crippen LogP contribution in [0, 0.1) is 0 Å². The summed E-state index contributed by atoms with van der Waals surface area (Å²) < 4.78 is 4.08. The smallest absolute Gasteiger partial charge is 0.338 e. The normalized spacial score (nSPS) is 9.64. The van der Waals surface area contributed by atoms with Gasteiger partial charge in [0.2, 0.25) is 0 Å². The lowest BCUT2D eigenvalue weighted by Crippen LogP contribution is -2.05. The Bertz CT molecular complexity index is 214. The summed E-state index contributed by atoms with van der Waals surface area (Å²) in [4.78, 5) is 30.9. The quantitative estimate of drug-likeness (QED) is 0.326. The molecule has 0 aliphatic carbocycles. The molecule has 60 valence electrons. The highest BCUT2D eigenvalue weighted by Crippen LogP contribution is 1.83. The van der Waals surface area contributed by atoms with Crippen LogP contribution in [0.3, 0.4) is 0 Å². The summed E-state index contributed by atoms with van der Waals surface area (Å²) in [5.41, 5.74) is 0. The lowest BCUT2D eigenvalue weighted by atomic mass is 10.4. The van der Waals surface area contributed by atoms with Crippen molar-refractivity contribution >= 4 is 17.7 Å². The van der Waals surface area contributed by atoms with E-state index >= 15 is 0 Å². The van der Waals surface area contributed by atoms with E-state index < -0.39 is 11.9 Å². The summed E-state index contributed by atoms with van der Waals surface area (Å²) in [6, 6.07) is 0. The zero-order chi connectivity index (χ0) is 8.85. The van der Waals surface area contributed by atoms with Crippen LogP contribution in [0.25, 0.3) is 0 Å². The standard InChI is InChI=1S/C7H8O4/c1-5(8)3-4-7(10)11-6(2)9/h3-4H,1-2H3/b4-3+. The molecule has 0 radical (unpaired) electrons. The maximum atomic E-state index is 10.5. The minimum Gasteiger partial charge on any atom is -0.390 e. The molecule has 0 saturated heterocycles. The van der Waals surface area contributed by atoms with Gasteiger partial charge in [-0.15, -0.1) is 0 Å². The highest BCUT2D eigenvalue weighted by atomic mass is 16.6. The van der Waals surface area contributed by atoms with E-state index in [2.05, 4.69) is 4.74 Å². The molecule has 4 heteroatoms. The third-order valence-electron chi connectivity index (χ3n) is 0.698. The number of carbonyl (C=O) groups excluding carboxylic acids is 3. The Balaban J connectivity index is 3.88. The molecule has 0 aliphatic rings. The fraction of sp³-hybridized carbons (Fsp3) is 0.286. The first-order chi connectivity index (χ1) is 5.02. The van der Waals surface area contributed by atoms with Gasteiger partial charge in [0.1, 0.15) is 0 Å². The summed E-state index contributed by atoms with van der Waals surface area (Å²) in [5, 5.41) is 0. The van der Waals surface area contributed by atoms with Crippen LogP contribution in [-0.2, 0) is 19.1 Å². The number of allylic oxidation sites excluding steroid dienone is 1. The van der Waals surface area contributed by atoms with Crippen LogP contribution < -0.4 is 0 Å². The zero-order valence-electron chi connectivity index (χ0n) is 6.29. The lowest BCUT2D eigenvalue weighted by molar-refractivity contribution is -0.154. The number of carbonyl (C=O) groups is 3. The summed E-state index contributed by atoms with van der Waals surface area (Å²) in [6.07, 6.45) is 1.94. The van der Waals surface area contributed by atoms with Gasteiger partial charge in [-0.2, -0.15) is 0 Å². The third kappa shape index (κ3) is 6.44. The first kappa shape index (κ1) is 9.55. The van der Waals surface area contributed by atoms with Crippen LogP contribution >= 0.6 is 0 Å². The molecule has 0 saturated carbocycles.